The van der Waals surface area contributed by atoms with Crippen LogP contribution in [0.4, 0.5) is 0 Å². The van der Waals surface area contributed by atoms with Gasteiger partial charge in [0.1, 0.15) is 5.75 Å². The second kappa shape index (κ2) is 7.34. The molecule has 2 aromatic rings. The number of ether oxygens (including phenoxy) is 1. The molecule has 1 aromatic carbocycles. The minimum absolute atomic E-state index is 0.0546. The number of carbonyl (C=O) groups excluding carboxylic acids is 1. The number of amides is 1. The molecule has 0 fully saturated rings. The Morgan fingerprint density at radius 1 is 1.38 bits per heavy atom. The normalized spacial score (nSPS) is 10.4. The maximum Gasteiger partial charge on any atom is 0.257 e. The lowest BCUT2D eigenvalue weighted by molar-refractivity contribution is -0.123. The summed E-state index contributed by atoms with van der Waals surface area (Å²) in [6.07, 6.45) is 0.533. The second-order valence-electron chi connectivity index (χ2n) is 4.34. The first kappa shape index (κ1) is 14.9. The Hall–Kier alpha value is -2.48. The molecule has 0 aliphatic rings. The van der Waals surface area contributed by atoms with E-state index in [4.69, 9.17) is 9.84 Å². The lowest BCUT2D eigenvalue weighted by Gasteiger charge is -2.07. The number of aryl methyl sites for hydroxylation is 1. The number of hydrogen-bond donors (Lipinski definition) is 2. The molecule has 1 amide bonds. The fourth-order valence-corrected chi connectivity index (χ4v) is 1.61. The van der Waals surface area contributed by atoms with E-state index in [1.165, 1.54) is 4.80 Å². The monoisotopic (exact) mass is 291 g/mol. The van der Waals surface area contributed by atoms with E-state index < -0.39 is 0 Å². The molecule has 0 atom stereocenters. The van der Waals surface area contributed by atoms with Crippen LogP contribution in [0.2, 0.25) is 0 Å². The highest BCUT2D eigenvalue weighted by molar-refractivity contribution is 5.77. The van der Waals surface area contributed by atoms with Crippen LogP contribution in [0, 0.1) is 0 Å². The summed E-state index contributed by atoms with van der Waals surface area (Å²) in [4.78, 5) is 12.8. The molecule has 1 aromatic heterocycles. The smallest absolute Gasteiger partial charge is 0.257 e. The van der Waals surface area contributed by atoms with Crippen LogP contribution >= 0.6 is 0 Å². The van der Waals surface area contributed by atoms with E-state index >= 15 is 0 Å². The Bertz CT molecular complexity index is 582. The van der Waals surface area contributed by atoms with Gasteiger partial charge in [-0.25, -0.2) is 0 Å². The molecule has 8 heteroatoms. The van der Waals surface area contributed by atoms with Gasteiger partial charge in [0, 0.05) is 18.7 Å². The highest BCUT2D eigenvalue weighted by Gasteiger charge is 2.05. The van der Waals surface area contributed by atoms with Gasteiger partial charge in [0.2, 0.25) is 5.82 Å². The van der Waals surface area contributed by atoms with E-state index in [2.05, 4.69) is 20.7 Å². The second-order valence-corrected chi connectivity index (χ2v) is 4.34. The van der Waals surface area contributed by atoms with Crippen LogP contribution in [-0.4, -0.2) is 51.0 Å². The molecule has 0 saturated heterocycles. The highest BCUT2D eigenvalue weighted by Crippen LogP contribution is 2.18. The first-order valence-corrected chi connectivity index (χ1v) is 6.54. The first-order chi connectivity index (χ1) is 10.2. The van der Waals surface area contributed by atoms with Gasteiger partial charge in [-0.2, -0.15) is 4.80 Å². The molecular weight excluding hydrogens is 274 g/mol. The van der Waals surface area contributed by atoms with Crippen molar-refractivity contribution in [3.8, 4) is 17.1 Å². The van der Waals surface area contributed by atoms with Gasteiger partial charge in [-0.1, -0.05) is 0 Å². The Morgan fingerprint density at radius 3 is 2.76 bits per heavy atom. The highest BCUT2D eigenvalue weighted by atomic mass is 16.5. The quantitative estimate of drug-likeness (QED) is 0.682. The number of carbonyl (C=O) groups is 1. The molecule has 8 nitrogen and oxygen atoms in total. The maximum absolute atomic E-state index is 11.4. The molecule has 112 valence electrons. The summed E-state index contributed by atoms with van der Waals surface area (Å²) in [6, 6.07) is 7.09. The molecule has 0 saturated carbocycles. The first-order valence-electron chi connectivity index (χ1n) is 6.54. The van der Waals surface area contributed by atoms with Gasteiger partial charge in [-0.15, -0.1) is 10.2 Å². The van der Waals surface area contributed by atoms with Crippen molar-refractivity contribution < 1.29 is 14.6 Å². The van der Waals surface area contributed by atoms with Gasteiger partial charge in [0.25, 0.3) is 5.91 Å². The number of hydrogen-bond acceptors (Lipinski definition) is 6. The summed E-state index contributed by atoms with van der Waals surface area (Å²) in [5, 5.41) is 23.0. The Labute approximate surface area is 121 Å². The number of aliphatic hydroxyl groups excluding tert-OH is 1. The van der Waals surface area contributed by atoms with Gasteiger partial charge in [0.05, 0.1) is 7.05 Å². The van der Waals surface area contributed by atoms with Gasteiger partial charge < -0.3 is 15.2 Å². The van der Waals surface area contributed by atoms with Crippen molar-refractivity contribution >= 4 is 5.91 Å². The van der Waals surface area contributed by atoms with Gasteiger partial charge in [0.15, 0.2) is 6.61 Å². The Balaban J connectivity index is 1.84. The lowest BCUT2D eigenvalue weighted by atomic mass is 10.2. The van der Waals surface area contributed by atoms with Gasteiger partial charge in [-0.3, -0.25) is 4.79 Å². The van der Waals surface area contributed by atoms with Crippen LogP contribution in [-0.2, 0) is 11.8 Å². The van der Waals surface area contributed by atoms with Crippen LogP contribution in [0.5, 0.6) is 5.75 Å². The van der Waals surface area contributed by atoms with Crippen molar-refractivity contribution in [2.75, 3.05) is 19.8 Å². The Kier molecular flexibility index (Phi) is 5.22. The predicted molar refractivity (Wildman–Crippen MR) is 74.4 cm³/mol. The van der Waals surface area contributed by atoms with Crippen molar-refractivity contribution in [2.45, 2.75) is 6.42 Å². The summed E-state index contributed by atoms with van der Waals surface area (Å²) in [5.74, 6) is 0.897. The molecule has 0 unspecified atom stereocenters. The molecule has 0 spiro atoms. The minimum Gasteiger partial charge on any atom is -0.484 e. The zero-order chi connectivity index (χ0) is 15.1. The number of aromatic nitrogens is 4. The molecule has 0 bridgehead atoms. The number of tetrazole rings is 1. The summed E-state index contributed by atoms with van der Waals surface area (Å²) in [6.45, 7) is 0.434. The summed E-state index contributed by atoms with van der Waals surface area (Å²) in [7, 11) is 1.70. The van der Waals surface area contributed by atoms with E-state index in [0.717, 1.165) is 5.56 Å². The van der Waals surface area contributed by atoms with Crippen LogP contribution < -0.4 is 10.1 Å². The number of aliphatic hydroxyl groups is 1. The largest absolute Gasteiger partial charge is 0.484 e. The zero-order valence-electron chi connectivity index (χ0n) is 11.7. The van der Waals surface area contributed by atoms with Crippen molar-refractivity contribution in [2.24, 2.45) is 7.05 Å². The number of benzene rings is 1. The molecule has 2 N–H and O–H groups in total. The third-order valence-corrected chi connectivity index (χ3v) is 2.65. The van der Waals surface area contributed by atoms with Crippen LogP contribution in [0.15, 0.2) is 24.3 Å². The van der Waals surface area contributed by atoms with E-state index in [9.17, 15) is 4.79 Å². The predicted octanol–water partition coefficient (Wildman–Crippen LogP) is -0.246. The van der Waals surface area contributed by atoms with Gasteiger partial charge >= 0.3 is 0 Å². The molecule has 21 heavy (non-hydrogen) atoms. The van der Waals surface area contributed by atoms with E-state index in [1.54, 1.807) is 31.3 Å². The van der Waals surface area contributed by atoms with Crippen molar-refractivity contribution in [3.63, 3.8) is 0 Å². The fourth-order valence-electron chi connectivity index (χ4n) is 1.61. The van der Waals surface area contributed by atoms with Crippen LogP contribution in [0.25, 0.3) is 11.4 Å². The summed E-state index contributed by atoms with van der Waals surface area (Å²) < 4.78 is 5.36. The van der Waals surface area contributed by atoms with Crippen molar-refractivity contribution in [1.82, 2.24) is 25.5 Å². The summed E-state index contributed by atoms with van der Waals surface area (Å²) >= 11 is 0. The number of nitrogens with zero attached hydrogens (tertiary/aromatic N) is 4. The lowest BCUT2D eigenvalue weighted by Crippen LogP contribution is -2.30. The van der Waals surface area contributed by atoms with Crippen LogP contribution in [0.1, 0.15) is 6.42 Å². The molecule has 0 aliphatic carbocycles. The van der Waals surface area contributed by atoms with E-state index in [-0.39, 0.29) is 19.1 Å². The standard InChI is InChI=1S/C13H17N5O3/c1-18-16-13(15-17-18)10-3-5-11(6-4-10)21-9-12(20)14-7-2-8-19/h3-6,19H,2,7-9H2,1H3,(H,14,20). The molecule has 0 radical (unpaired) electrons. The minimum atomic E-state index is -0.219. The molecule has 1 heterocycles. The Morgan fingerprint density at radius 2 is 2.14 bits per heavy atom. The van der Waals surface area contributed by atoms with E-state index in [0.29, 0.717) is 24.5 Å². The molecule has 2 rings (SSSR count). The van der Waals surface area contributed by atoms with Gasteiger partial charge in [-0.05, 0) is 35.9 Å². The van der Waals surface area contributed by atoms with Crippen LogP contribution in [0.3, 0.4) is 0 Å². The average Bonchev–Trinajstić information content (AvgIpc) is 2.92. The van der Waals surface area contributed by atoms with Crippen molar-refractivity contribution in [1.29, 1.82) is 0 Å². The third kappa shape index (κ3) is 4.53. The third-order valence-electron chi connectivity index (χ3n) is 2.65. The topological polar surface area (TPSA) is 102 Å². The number of nitrogens with one attached hydrogen (secondary N) is 1. The average molecular weight is 291 g/mol. The molecular formula is C13H17N5O3. The maximum atomic E-state index is 11.4. The number of rotatable bonds is 7. The fraction of sp³-hybridized carbons (Fsp3) is 0.385. The summed E-state index contributed by atoms with van der Waals surface area (Å²) in [5.41, 5.74) is 0.822. The molecule has 0 aliphatic heterocycles. The van der Waals surface area contributed by atoms with E-state index in [1.807, 2.05) is 0 Å². The zero-order valence-corrected chi connectivity index (χ0v) is 11.7. The van der Waals surface area contributed by atoms with Crippen molar-refractivity contribution in [3.05, 3.63) is 24.3 Å². The SMILES string of the molecule is Cn1nnc(-c2ccc(OCC(=O)NCCCO)cc2)n1.